The van der Waals surface area contributed by atoms with Crippen LogP contribution in [0.3, 0.4) is 0 Å². The van der Waals surface area contributed by atoms with Gasteiger partial charge >= 0.3 is 0 Å². The SMILES string of the molecule is Cc1cccc(Nc2ncc(C(=O)c3ccccc3)s2)c1. The average Bonchev–Trinajstić information content (AvgIpc) is 2.96. The third-order valence-electron chi connectivity index (χ3n) is 3.03. The number of aromatic nitrogens is 1. The molecule has 3 nitrogen and oxygen atoms in total. The smallest absolute Gasteiger partial charge is 0.204 e. The molecule has 1 N–H and O–H groups in total. The van der Waals surface area contributed by atoms with E-state index in [4.69, 9.17) is 0 Å². The van der Waals surface area contributed by atoms with E-state index in [0.29, 0.717) is 10.4 Å². The first kappa shape index (κ1) is 13.5. The van der Waals surface area contributed by atoms with Crippen molar-refractivity contribution in [1.29, 1.82) is 0 Å². The van der Waals surface area contributed by atoms with Crippen molar-refractivity contribution in [2.45, 2.75) is 6.92 Å². The maximum atomic E-state index is 12.3. The molecule has 104 valence electrons. The quantitative estimate of drug-likeness (QED) is 0.724. The van der Waals surface area contributed by atoms with Crippen molar-refractivity contribution in [1.82, 2.24) is 4.98 Å². The Morgan fingerprint density at radius 1 is 1.10 bits per heavy atom. The summed E-state index contributed by atoms with van der Waals surface area (Å²) in [6.45, 7) is 2.04. The molecular formula is C17H14N2OS. The summed E-state index contributed by atoms with van der Waals surface area (Å²) in [5.74, 6) is 0.00499. The molecule has 0 saturated carbocycles. The second-order valence-electron chi connectivity index (χ2n) is 4.72. The van der Waals surface area contributed by atoms with E-state index >= 15 is 0 Å². The first-order valence-electron chi connectivity index (χ1n) is 6.61. The van der Waals surface area contributed by atoms with Crippen LogP contribution in [-0.4, -0.2) is 10.8 Å². The van der Waals surface area contributed by atoms with Gasteiger partial charge in [0.25, 0.3) is 0 Å². The summed E-state index contributed by atoms with van der Waals surface area (Å²) < 4.78 is 0. The Bertz CT molecular complexity index is 765. The average molecular weight is 294 g/mol. The molecule has 0 saturated heterocycles. The van der Waals surface area contributed by atoms with Crippen LogP contribution in [-0.2, 0) is 0 Å². The second-order valence-corrected chi connectivity index (χ2v) is 5.75. The van der Waals surface area contributed by atoms with Crippen molar-refractivity contribution in [2.24, 2.45) is 0 Å². The van der Waals surface area contributed by atoms with Crippen molar-refractivity contribution in [3.63, 3.8) is 0 Å². The third-order valence-corrected chi connectivity index (χ3v) is 3.95. The standard InChI is InChI=1S/C17H14N2OS/c1-12-6-5-9-14(10-12)19-17-18-11-15(21-17)16(20)13-7-3-2-4-8-13/h2-11H,1H3,(H,18,19). The molecule has 21 heavy (non-hydrogen) atoms. The zero-order valence-electron chi connectivity index (χ0n) is 11.5. The van der Waals surface area contributed by atoms with E-state index in [9.17, 15) is 4.79 Å². The molecule has 2 aromatic carbocycles. The highest BCUT2D eigenvalue weighted by Crippen LogP contribution is 2.24. The van der Waals surface area contributed by atoms with E-state index in [-0.39, 0.29) is 5.78 Å². The number of thiazole rings is 1. The van der Waals surface area contributed by atoms with Crippen LogP contribution in [0.15, 0.2) is 60.8 Å². The molecule has 0 unspecified atom stereocenters. The van der Waals surface area contributed by atoms with Crippen LogP contribution in [0.4, 0.5) is 10.8 Å². The zero-order valence-corrected chi connectivity index (χ0v) is 12.4. The second kappa shape index (κ2) is 5.89. The summed E-state index contributed by atoms with van der Waals surface area (Å²) in [5.41, 5.74) is 2.84. The number of ketones is 1. The predicted octanol–water partition coefficient (Wildman–Crippen LogP) is 4.43. The lowest BCUT2D eigenvalue weighted by Crippen LogP contribution is -1.97. The molecule has 1 aromatic heterocycles. The van der Waals surface area contributed by atoms with Crippen LogP contribution < -0.4 is 5.32 Å². The molecule has 0 fully saturated rings. The first-order chi connectivity index (χ1) is 10.2. The van der Waals surface area contributed by atoms with Crippen molar-refractivity contribution >= 4 is 27.9 Å². The van der Waals surface area contributed by atoms with Gasteiger partial charge in [0.2, 0.25) is 5.78 Å². The maximum Gasteiger partial charge on any atom is 0.204 e. The Kier molecular flexibility index (Phi) is 3.79. The molecule has 3 rings (SSSR count). The van der Waals surface area contributed by atoms with Gasteiger partial charge in [0, 0.05) is 11.3 Å². The van der Waals surface area contributed by atoms with Gasteiger partial charge in [-0.3, -0.25) is 4.79 Å². The summed E-state index contributed by atoms with van der Waals surface area (Å²) in [6, 6.07) is 17.3. The Morgan fingerprint density at radius 2 is 1.90 bits per heavy atom. The van der Waals surface area contributed by atoms with E-state index in [1.54, 1.807) is 6.20 Å². The molecule has 1 heterocycles. The molecule has 0 amide bonds. The molecule has 0 spiro atoms. The van der Waals surface area contributed by atoms with Gasteiger partial charge in [-0.05, 0) is 24.6 Å². The van der Waals surface area contributed by atoms with Crippen LogP contribution >= 0.6 is 11.3 Å². The molecule has 0 aliphatic heterocycles. The van der Waals surface area contributed by atoms with Gasteiger partial charge in [0.15, 0.2) is 5.13 Å². The van der Waals surface area contributed by atoms with E-state index in [1.807, 2.05) is 61.5 Å². The van der Waals surface area contributed by atoms with E-state index in [0.717, 1.165) is 10.8 Å². The monoisotopic (exact) mass is 294 g/mol. The lowest BCUT2D eigenvalue weighted by molar-refractivity contribution is 0.104. The van der Waals surface area contributed by atoms with Crippen LogP contribution in [0, 0.1) is 6.92 Å². The minimum absolute atomic E-state index is 0.00499. The highest BCUT2D eigenvalue weighted by Gasteiger charge is 2.12. The number of carbonyl (C=O) groups excluding carboxylic acids is 1. The number of anilines is 2. The summed E-state index contributed by atoms with van der Waals surface area (Å²) in [5, 5.41) is 3.95. The Balaban J connectivity index is 1.79. The topological polar surface area (TPSA) is 42.0 Å². The largest absolute Gasteiger partial charge is 0.332 e. The number of hydrogen-bond donors (Lipinski definition) is 1. The number of carbonyl (C=O) groups is 1. The fourth-order valence-corrected chi connectivity index (χ4v) is 2.81. The Labute approximate surface area is 127 Å². The summed E-state index contributed by atoms with van der Waals surface area (Å²) in [4.78, 5) is 17.2. The molecular weight excluding hydrogens is 280 g/mol. The summed E-state index contributed by atoms with van der Waals surface area (Å²) in [6.07, 6.45) is 1.62. The zero-order chi connectivity index (χ0) is 14.7. The highest BCUT2D eigenvalue weighted by molar-refractivity contribution is 7.17. The van der Waals surface area contributed by atoms with Crippen LogP contribution in [0.25, 0.3) is 0 Å². The highest BCUT2D eigenvalue weighted by atomic mass is 32.1. The van der Waals surface area contributed by atoms with Crippen molar-refractivity contribution in [2.75, 3.05) is 5.32 Å². The van der Waals surface area contributed by atoms with Gasteiger partial charge in [0.1, 0.15) is 0 Å². The molecule has 4 heteroatoms. The van der Waals surface area contributed by atoms with Gasteiger partial charge in [-0.1, -0.05) is 53.8 Å². The fourth-order valence-electron chi connectivity index (χ4n) is 2.01. The number of benzene rings is 2. The lowest BCUT2D eigenvalue weighted by atomic mass is 10.1. The molecule has 3 aromatic rings. The number of hydrogen-bond acceptors (Lipinski definition) is 4. The normalized spacial score (nSPS) is 10.3. The van der Waals surface area contributed by atoms with Crippen molar-refractivity contribution in [3.8, 4) is 0 Å². The molecule has 0 aliphatic carbocycles. The number of nitrogens with zero attached hydrogens (tertiary/aromatic N) is 1. The molecule has 0 aliphatic rings. The summed E-state index contributed by atoms with van der Waals surface area (Å²) in [7, 11) is 0. The summed E-state index contributed by atoms with van der Waals surface area (Å²) >= 11 is 1.36. The van der Waals surface area contributed by atoms with Gasteiger partial charge in [-0.15, -0.1) is 0 Å². The fraction of sp³-hybridized carbons (Fsp3) is 0.0588. The Hall–Kier alpha value is -2.46. The molecule has 0 radical (unpaired) electrons. The van der Waals surface area contributed by atoms with Gasteiger partial charge < -0.3 is 5.32 Å². The first-order valence-corrected chi connectivity index (χ1v) is 7.43. The van der Waals surface area contributed by atoms with Crippen molar-refractivity contribution < 1.29 is 4.79 Å². The van der Waals surface area contributed by atoms with Gasteiger partial charge in [-0.25, -0.2) is 4.98 Å². The number of rotatable bonds is 4. The number of aryl methyl sites for hydroxylation is 1. The predicted molar refractivity (Wildman–Crippen MR) is 86.5 cm³/mol. The van der Waals surface area contributed by atoms with E-state index in [2.05, 4.69) is 10.3 Å². The minimum Gasteiger partial charge on any atom is -0.332 e. The van der Waals surface area contributed by atoms with Gasteiger partial charge in [0.05, 0.1) is 11.1 Å². The van der Waals surface area contributed by atoms with E-state index < -0.39 is 0 Å². The van der Waals surface area contributed by atoms with Crippen LogP contribution in [0.2, 0.25) is 0 Å². The third kappa shape index (κ3) is 3.17. The van der Waals surface area contributed by atoms with Crippen LogP contribution in [0.5, 0.6) is 0 Å². The number of nitrogens with one attached hydrogen (secondary N) is 1. The maximum absolute atomic E-state index is 12.3. The lowest BCUT2D eigenvalue weighted by Gasteiger charge is -2.02. The molecule has 0 atom stereocenters. The minimum atomic E-state index is 0.00499. The van der Waals surface area contributed by atoms with E-state index in [1.165, 1.54) is 16.9 Å². The van der Waals surface area contributed by atoms with Crippen molar-refractivity contribution in [3.05, 3.63) is 76.8 Å². The Morgan fingerprint density at radius 3 is 2.67 bits per heavy atom. The van der Waals surface area contributed by atoms with Gasteiger partial charge in [-0.2, -0.15) is 0 Å². The van der Waals surface area contributed by atoms with Crippen LogP contribution in [0.1, 0.15) is 20.8 Å². The molecule has 0 bridgehead atoms.